The van der Waals surface area contributed by atoms with Crippen LogP contribution >= 0.6 is 0 Å². The van der Waals surface area contributed by atoms with Crippen molar-refractivity contribution in [2.45, 2.75) is 52.3 Å². The summed E-state index contributed by atoms with van der Waals surface area (Å²) >= 11 is 0. The average Bonchev–Trinajstić information content (AvgIpc) is 2.91. The van der Waals surface area contributed by atoms with E-state index in [1.807, 2.05) is 0 Å². The monoisotopic (exact) mass is 578 g/mol. The molecule has 41 heavy (non-hydrogen) atoms. The number of rotatable bonds is 15. The Bertz CT molecular complexity index is 1120. The maximum atomic E-state index is 13.0. The van der Waals surface area contributed by atoms with Crippen LogP contribution < -0.4 is 16.1 Å². The van der Waals surface area contributed by atoms with Gasteiger partial charge in [0.05, 0.1) is 6.61 Å². The van der Waals surface area contributed by atoms with Crippen molar-refractivity contribution in [2.75, 3.05) is 13.2 Å². The Hall–Kier alpha value is -4.95. The molecule has 1 rings (SSSR count). The van der Waals surface area contributed by atoms with Gasteiger partial charge in [0.2, 0.25) is 5.91 Å². The normalized spacial score (nSPS) is 12.1. The maximum Gasteiger partial charge on any atom is 0.408 e. The Morgan fingerprint density at radius 3 is 2.12 bits per heavy atom. The molecule has 2 atom stereocenters. The molecule has 0 aromatic heterocycles. The first-order valence-electron chi connectivity index (χ1n) is 12.5. The largest absolute Gasteiger partial charge is 0.481 e. The summed E-state index contributed by atoms with van der Waals surface area (Å²) in [7, 11) is 0. The summed E-state index contributed by atoms with van der Waals surface area (Å²) in [6.07, 6.45) is -0.377. The van der Waals surface area contributed by atoms with E-state index in [1.165, 1.54) is 0 Å². The van der Waals surface area contributed by atoms with Gasteiger partial charge in [-0.05, 0) is 24.8 Å². The fourth-order valence-electron chi connectivity index (χ4n) is 3.16. The first-order valence-corrected chi connectivity index (χ1v) is 12.5. The van der Waals surface area contributed by atoms with Gasteiger partial charge in [-0.25, -0.2) is 14.6 Å². The fraction of sp³-hybridized carbons (Fsp3) is 0.423. The quantitative estimate of drug-likeness (QED) is 0.109. The van der Waals surface area contributed by atoms with Crippen LogP contribution in [0.3, 0.4) is 0 Å². The molecule has 224 valence electrons. The SMILES string of the molecule is CCOC(=O)/C=C/C(=O)N(CC(=O)O)NC(=O)[C@@H](NC(=O)[C@H](CCC(=O)O)NC(=O)OCc1ccccc1)C(C)C. The molecule has 0 aliphatic carbocycles. The molecule has 1 aromatic carbocycles. The summed E-state index contributed by atoms with van der Waals surface area (Å²) in [5.74, 6) is -7.17. The highest BCUT2D eigenvalue weighted by atomic mass is 16.5. The second kappa shape index (κ2) is 17.6. The number of ether oxygens (including phenoxy) is 2. The van der Waals surface area contributed by atoms with Gasteiger partial charge in [-0.2, -0.15) is 0 Å². The van der Waals surface area contributed by atoms with E-state index in [-0.39, 0.29) is 19.6 Å². The smallest absolute Gasteiger partial charge is 0.408 e. The molecule has 0 aliphatic rings. The van der Waals surface area contributed by atoms with Crippen LogP contribution in [-0.4, -0.2) is 82.2 Å². The molecule has 5 N–H and O–H groups in total. The lowest BCUT2D eigenvalue weighted by Crippen LogP contribution is -2.59. The summed E-state index contributed by atoms with van der Waals surface area (Å²) in [5.41, 5.74) is 2.77. The van der Waals surface area contributed by atoms with Crippen LogP contribution in [0.1, 0.15) is 39.2 Å². The minimum atomic E-state index is -1.49. The van der Waals surface area contributed by atoms with Crippen LogP contribution in [-0.2, 0) is 44.8 Å². The highest BCUT2D eigenvalue weighted by molar-refractivity contribution is 5.97. The first-order chi connectivity index (χ1) is 19.3. The number of hydrazine groups is 1. The van der Waals surface area contributed by atoms with Gasteiger partial charge in [-0.1, -0.05) is 44.2 Å². The maximum absolute atomic E-state index is 13.0. The predicted octanol–water partition coefficient (Wildman–Crippen LogP) is 0.351. The molecule has 15 heteroatoms. The Labute approximate surface area is 235 Å². The van der Waals surface area contributed by atoms with Crippen LogP contribution in [0.4, 0.5) is 4.79 Å². The van der Waals surface area contributed by atoms with Gasteiger partial charge in [0.15, 0.2) is 0 Å². The Morgan fingerprint density at radius 2 is 1.56 bits per heavy atom. The van der Waals surface area contributed by atoms with Gasteiger partial charge in [0.25, 0.3) is 11.8 Å². The number of benzene rings is 1. The number of esters is 1. The summed E-state index contributed by atoms with van der Waals surface area (Å²) in [4.78, 5) is 84.6. The van der Waals surface area contributed by atoms with Gasteiger partial charge >= 0.3 is 24.0 Å². The molecule has 0 aliphatic heterocycles. The van der Waals surface area contributed by atoms with E-state index >= 15 is 0 Å². The zero-order chi connectivity index (χ0) is 30.9. The van der Waals surface area contributed by atoms with Crippen LogP contribution in [0.2, 0.25) is 0 Å². The zero-order valence-corrected chi connectivity index (χ0v) is 22.8. The predicted molar refractivity (Wildman–Crippen MR) is 140 cm³/mol. The number of carbonyl (C=O) groups is 7. The van der Waals surface area contributed by atoms with E-state index in [1.54, 1.807) is 51.1 Å². The lowest BCUT2D eigenvalue weighted by molar-refractivity contribution is -0.148. The van der Waals surface area contributed by atoms with E-state index < -0.39 is 72.7 Å². The number of carboxylic acids is 2. The van der Waals surface area contributed by atoms with Crippen molar-refractivity contribution in [3.63, 3.8) is 0 Å². The second-order valence-electron chi connectivity index (χ2n) is 8.80. The third kappa shape index (κ3) is 13.6. The molecule has 15 nitrogen and oxygen atoms in total. The summed E-state index contributed by atoms with van der Waals surface area (Å²) in [6, 6.07) is 5.89. The second-order valence-corrected chi connectivity index (χ2v) is 8.80. The van der Waals surface area contributed by atoms with Gasteiger partial charge in [-0.15, -0.1) is 0 Å². The number of nitrogens with zero attached hydrogens (tertiary/aromatic N) is 1. The van der Waals surface area contributed by atoms with Gasteiger partial charge in [-0.3, -0.25) is 29.4 Å². The Morgan fingerprint density at radius 1 is 0.902 bits per heavy atom. The number of nitrogens with one attached hydrogen (secondary N) is 3. The standard InChI is InChI=1S/C26H34N4O11/c1-4-40-22(36)13-11-19(31)30(14-21(34)35)29-25(38)23(16(2)3)28-24(37)18(10-12-20(32)33)27-26(39)41-15-17-8-6-5-7-9-17/h5-9,11,13,16,18,23H,4,10,12,14-15H2,1-3H3,(H,27,39)(H,28,37)(H,29,38)(H,32,33)(H,34,35)/b13-11+/t18-,23-/m0/s1. The van der Waals surface area contributed by atoms with Crippen LogP contribution in [0.25, 0.3) is 0 Å². The number of alkyl carbamates (subject to hydrolysis) is 1. The third-order valence-electron chi connectivity index (χ3n) is 5.17. The van der Waals surface area contributed by atoms with Crippen LogP contribution in [0.5, 0.6) is 0 Å². The van der Waals surface area contributed by atoms with Gasteiger partial charge < -0.3 is 30.3 Å². The molecule has 0 bridgehead atoms. The van der Waals surface area contributed by atoms with E-state index in [9.17, 15) is 33.6 Å². The molecular formula is C26H34N4O11. The van der Waals surface area contributed by atoms with Gasteiger partial charge in [0, 0.05) is 18.6 Å². The molecule has 0 spiro atoms. The van der Waals surface area contributed by atoms with Crippen molar-refractivity contribution in [1.29, 1.82) is 0 Å². The fourth-order valence-corrected chi connectivity index (χ4v) is 3.16. The molecule has 0 saturated carbocycles. The van der Waals surface area contributed by atoms with Crippen molar-refractivity contribution in [3.05, 3.63) is 48.0 Å². The van der Waals surface area contributed by atoms with Crippen molar-refractivity contribution < 1.29 is 53.2 Å². The number of amides is 4. The number of hydrogen-bond acceptors (Lipinski definition) is 9. The molecule has 0 heterocycles. The molecule has 0 unspecified atom stereocenters. The van der Waals surface area contributed by atoms with E-state index in [2.05, 4.69) is 20.8 Å². The zero-order valence-electron chi connectivity index (χ0n) is 22.8. The number of hydrogen-bond donors (Lipinski definition) is 5. The molecule has 0 radical (unpaired) electrons. The highest BCUT2D eigenvalue weighted by Gasteiger charge is 2.31. The van der Waals surface area contributed by atoms with E-state index in [0.29, 0.717) is 16.6 Å². The van der Waals surface area contributed by atoms with Crippen LogP contribution in [0, 0.1) is 5.92 Å². The average molecular weight is 579 g/mol. The molecular weight excluding hydrogens is 544 g/mol. The first kappa shape index (κ1) is 34.1. The van der Waals surface area contributed by atoms with E-state index in [0.717, 1.165) is 6.08 Å². The van der Waals surface area contributed by atoms with Crippen molar-refractivity contribution in [3.8, 4) is 0 Å². The summed E-state index contributed by atoms with van der Waals surface area (Å²) < 4.78 is 9.74. The highest BCUT2D eigenvalue weighted by Crippen LogP contribution is 2.07. The minimum absolute atomic E-state index is 0.0375. The minimum Gasteiger partial charge on any atom is -0.481 e. The third-order valence-corrected chi connectivity index (χ3v) is 5.17. The molecule has 4 amide bonds. The summed E-state index contributed by atoms with van der Waals surface area (Å²) in [5, 5.41) is 23.3. The molecule has 0 saturated heterocycles. The van der Waals surface area contributed by atoms with Crippen molar-refractivity contribution in [2.24, 2.45) is 5.92 Å². The lowest BCUT2D eigenvalue weighted by atomic mass is 10.0. The van der Waals surface area contributed by atoms with E-state index in [4.69, 9.17) is 14.9 Å². The number of aliphatic carboxylic acids is 2. The lowest BCUT2D eigenvalue weighted by Gasteiger charge is -2.28. The Kier molecular flexibility index (Phi) is 14.6. The Balaban J connectivity index is 2.99. The molecule has 0 fully saturated rings. The van der Waals surface area contributed by atoms with Crippen LogP contribution in [0.15, 0.2) is 42.5 Å². The van der Waals surface area contributed by atoms with Gasteiger partial charge in [0.1, 0.15) is 25.2 Å². The molecule has 1 aromatic rings. The van der Waals surface area contributed by atoms with Crippen molar-refractivity contribution >= 4 is 41.7 Å². The number of carbonyl (C=O) groups excluding carboxylic acids is 5. The topological polar surface area (TPSA) is 218 Å². The summed E-state index contributed by atoms with van der Waals surface area (Å²) in [6.45, 7) is 3.57. The number of carboxylic acid groups (broad SMARTS) is 2. The van der Waals surface area contributed by atoms with Crippen molar-refractivity contribution in [1.82, 2.24) is 21.1 Å².